The second kappa shape index (κ2) is 5.15. The molecule has 0 aliphatic rings. The third-order valence-electron chi connectivity index (χ3n) is 2.41. The fraction of sp³-hybridized carbons (Fsp3) is 0.154. The molecule has 0 atom stereocenters. The van der Waals surface area contributed by atoms with Crippen LogP contribution < -0.4 is 4.90 Å². The monoisotopic (exact) mass is 250 g/mol. The van der Waals surface area contributed by atoms with Gasteiger partial charge in [-0.1, -0.05) is 41.9 Å². The lowest BCUT2D eigenvalue weighted by Crippen LogP contribution is -2.18. The quantitative estimate of drug-likeness (QED) is 0.829. The van der Waals surface area contributed by atoms with Gasteiger partial charge < -0.3 is 4.90 Å². The maximum atomic E-state index is 13.6. The first kappa shape index (κ1) is 11.9. The second-order valence-corrected chi connectivity index (χ2v) is 4.24. The van der Waals surface area contributed by atoms with Crippen LogP contribution in [0.15, 0.2) is 42.6 Å². The molecule has 2 rings (SSSR count). The second-order valence-electron chi connectivity index (χ2n) is 3.80. The van der Waals surface area contributed by atoms with E-state index < -0.39 is 5.82 Å². The van der Waals surface area contributed by atoms with Crippen LogP contribution in [-0.2, 0) is 6.54 Å². The average molecular weight is 251 g/mol. The molecule has 0 aliphatic carbocycles. The molecule has 0 N–H and O–H groups in total. The van der Waals surface area contributed by atoms with Crippen LogP contribution in [0.1, 0.15) is 5.56 Å². The smallest absolute Gasteiger partial charge is 0.167 e. The van der Waals surface area contributed by atoms with Crippen molar-refractivity contribution in [2.75, 3.05) is 11.9 Å². The Morgan fingerprint density at radius 3 is 2.65 bits per heavy atom. The summed E-state index contributed by atoms with van der Waals surface area (Å²) in [6.45, 7) is 0.604. The van der Waals surface area contributed by atoms with Crippen LogP contribution in [0.3, 0.4) is 0 Å². The Bertz CT molecular complexity index is 502. The molecule has 1 aromatic heterocycles. The van der Waals surface area contributed by atoms with Crippen molar-refractivity contribution in [3.63, 3.8) is 0 Å². The van der Waals surface area contributed by atoms with Crippen molar-refractivity contribution >= 4 is 17.4 Å². The number of rotatable bonds is 3. The van der Waals surface area contributed by atoms with Crippen LogP contribution in [-0.4, -0.2) is 12.0 Å². The molecule has 88 valence electrons. The first-order valence-electron chi connectivity index (χ1n) is 5.23. The molecule has 0 aliphatic heterocycles. The summed E-state index contributed by atoms with van der Waals surface area (Å²) in [5.41, 5.74) is 1.10. The molecule has 1 heterocycles. The fourth-order valence-electron chi connectivity index (χ4n) is 1.62. The predicted octanol–water partition coefficient (Wildman–Crippen LogP) is 3.51. The highest BCUT2D eigenvalue weighted by Crippen LogP contribution is 2.19. The maximum absolute atomic E-state index is 13.6. The van der Waals surface area contributed by atoms with Crippen LogP contribution in [0.25, 0.3) is 0 Å². The third-order valence-corrected chi connectivity index (χ3v) is 2.62. The van der Waals surface area contributed by atoms with Gasteiger partial charge in [-0.05, 0) is 11.6 Å². The minimum absolute atomic E-state index is 0.304. The highest BCUT2D eigenvalue weighted by atomic mass is 35.5. The van der Waals surface area contributed by atoms with Crippen molar-refractivity contribution in [1.29, 1.82) is 0 Å². The molecular weight excluding hydrogens is 239 g/mol. The summed E-state index contributed by atoms with van der Waals surface area (Å²) in [7, 11) is 1.80. The van der Waals surface area contributed by atoms with E-state index in [1.807, 2.05) is 30.3 Å². The Labute approximate surface area is 105 Å². The maximum Gasteiger partial charge on any atom is 0.167 e. The van der Waals surface area contributed by atoms with Crippen LogP contribution in [0.5, 0.6) is 0 Å². The molecule has 0 bridgehead atoms. The summed E-state index contributed by atoms with van der Waals surface area (Å²) in [6.07, 6.45) is 1.45. The van der Waals surface area contributed by atoms with Crippen molar-refractivity contribution in [3.8, 4) is 0 Å². The Morgan fingerprint density at radius 2 is 2.00 bits per heavy atom. The van der Waals surface area contributed by atoms with E-state index in [0.717, 1.165) is 5.56 Å². The Hall–Kier alpha value is -1.61. The zero-order valence-corrected chi connectivity index (χ0v) is 10.2. The number of pyridine rings is 1. The number of benzene rings is 1. The van der Waals surface area contributed by atoms with Gasteiger partial charge in [-0.3, -0.25) is 0 Å². The molecule has 0 spiro atoms. The first-order valence-corrected chi connectivity index (χ1v) is 5.61. The molecule has 2 aromatic rings. The lowest BCUT2D eigenvalue weighted by Gasteiger charge is -2.18. The van der Waals surface area contributed by atoms with Gasteiger partial charge in [0.2, 0.25) is 0 Å². The number of aromatic nitrogens is 1. The zero-order valence-electron chi connectivity index (χ0n) is 9.40. The lowest BCUT2D eigenvalue weighted by molar-refractivity contribution is 0.615. The lowest BCUT2D eigenvalue weighted by atomic mass is 10.2. The fourth-order valence-corrected chi connectivity index (χ4v) is 1.76. The Morgan fingerprint density at radius 1 is 1.29 bits per heavy atom. The molecule has 17 heavy (non-hydrogen) atoms. The summed E-state index contributed by atoms with van der Waals surface area (Å²) in [6, 6.07) is 11.1. The Kier molecular flexibility index (Phi) is 3.59. The van der Waals surface area contributed by atoms with E-state index in [1.165, 1.54) is 12.3 Å². The van der Waals surface area contributed by atoms with Gasteiger partial charge in [0.1, 0.15) is 0 Å². The number of hydrogen-bond acceptors (Lipinski definition) is 2. The van der Waals surface area contributed by atoms with Crippen molar-refractivity contribution in [3.05, 3.63) is 59.0 Å². The molecule has 0 fully saturated rings. The van der Waals surface area contributed by atoms with E-state index in [1.54, 1.807) is 11.9 Å². The Balaban J connectivity index is 2.17. The van der Waals surface area contributed by atoms with E-state index in [2.05, 4.69) is 4.98 Å². The SMILES string of the molecule is CN(Cc1ccccc1)c1ncc(Cl)cc1F. The van der Waals surface area contributed by atoms with Crippen LogP contribution in [0.2, 0.25) is 5.02 Å². The molecule has 0 radical (unpaired) electrons. The highest BCUT2D eigenvalue weighted by molar-refractivity contribution is 6.30. The summed E-state index contributed by atoms with van der Waals surface area (Å²) in [4.78, 5) is 5.74. The number of nitrogens with zero attached hydrogens (tertiary/aromatic N) is 2. The molecule has 0 unspecified atom stereocenters. The normalized spacial score (nSPS) is 10.3. The van der Waals surface area contributed by atoms with Gasteiger partial charge in [0, 0.05) is 19.8 Å². The highest BCUT2D eigenvalue weighted by Gasteiger charge is 2.09. The average Bonchev–Trinajstić information content (AvgIpc) is 2.30. The van der Waals surface area contributed by atoms with Crippen LogP contribution >= 0.6 is 11.6 Å². The van der Waals surface area contributed by atoms with Gasteiger partial charge in [-0.25, -0.2) is 9.37 Å². The van der Waals surface area contributed by atoms with Gasteiger partial charge in [-0.15, -0.1) is 0 Å². The summed E-state index contributed by atoms with van der Waals surface area (Å²) >= 11 is 5.66. The molecule has 2 nitrogen and oxygen atoms in total. The van der Waals surface area contributed by atoms with Crippen molar-refractivity contribution < 1.29 is 4.39 Å². The van der Waals surface area contributed by atoms with Crippen LogP contribution in [0.4, 0.5) is 10.2 Å². The van der Waals surface area contributed by atoms with Crippen molar-refractivity contribution in [2.45, 2.75) is 6.54 Å². The van der Waals surface area contributed by atoms with E-state index in [0.29, 0.717) is 17.4 Å². The van der Waals surface area contributed by atoms with Gasteiger partial charge >= 0.3 is 0 Å². The standard InChI is InChI=1S/C13H12ClFN2/c1-17(9-10-5-3-2-4-6-10)13-12(15)7-11(14)8-16-13/h2-8H,9H2,1H3. The number of anilines is 1. The van der Waals surface area contributed by atoms with E-state index in [9.17, 15) is 4.39 Å². The topological polar surface area (TPSA) is 16.1 Å². The summed E-state index contributed by atoms with van der Waals surface area (Å²) in [5, 5.41) is 0.305. The van der Waals surface area contributed by atoms with Gasteiger partial charge in [0.15, 0.2) is 11.6 Å². The van der Waals surface area contributed by atoms with E-state index in [-0.39, 0.29) is 0 Å². The molecule has 0 saturated heterocycles. The molecular formula is C13H12ClFN2. The zero-order chi connectivity index (χ0) is 12.3. The summed E-state index contributed by atoms with van der Waals surface area (Å²) < 4.78 is 13.6. The predicted molar refractivity (Wildman–Crippen MR) is 67.8 cm³/mol. The van der Waals surface area contributed by atoms with Crippen LogP contribution in [0, 0.1) is 5.82 Å². The van der Waals surface area contributed by atoms with E-state index in [4.69, 9.17) is 11.6 Å². The first-order chi connectivity index (χ1) is 8.16. The van der Waals surface area contributed by atoms with Crippen molar-refractivity contribution in [2.24, 2.45) is 0 Å². The number of halogens is 2. The molecule has 1 aromatic carbocycles. The third kappa shape index (κ3) is 2.94. The van der Waals surface area contributed by atoms with Gasteiger partial charge in [0.05, 0.1) is 5.02 Å². The largest absolute Gasteiger partial charge is 0.353 e. The van der Waals surface area contributed by atoms with Gasteiger partial charge in [-0.2, -0.15) is 0 Å². The van der Waals surface area contributed by atoms with Crippen molar-refractivity contribution in [1.82, 2.24) is 4.98 Å². The number of hydrogen-bond donors (Lipinski definition) is 0. The minimum atomic E-state index is -0.407. The molecule has 4 heteroatoms. The van der Waals surface area contributed by atoms with Gasteiger partial charge in [0.25, 0.3) is 0 Å². The molecule has 0 amide bonds. The summed E-state index contributed by atoms with van der Waals surface area (Å²) in [5.74, 6) is -0.103. The minimum Gasteiger partial charge on any atom is -0.353 e. The molecule has 0 saturated carbocycles. The van der Waals surface area contributed by atoms with E-state index >= 15 is 0 Å².